The average molecular weight is 626 g/mol. The number of phenols is 1. The van der Waals surface area contributed by atoms with Gasteiger partial charge in [0.05, 0.1) is 42.5 Å². The van der Waals surface area contributed by atoms with Crippen LogP contribution < -0.4 is 10.6 Å². The minimum Gasteiger partial charge on any atom is -0.507 e. The quantitative estimate of drug-likeness (QED) is 0.219. The zero-order chi connectivity index (χ0) is 32.4. The van der Waals surface area contributed by atoms with Gasteiger partial charge in [0.1, 0.15) is 11.8 Å². The molecule has 1 aromatic carbocycles. The summed E-state index contributed by atoms with van der Waals surface area (Å²) in [6.07, 6.45) is 9.39. The number of carbonyl (C=O) groups excluding carboxylic acids is 2. The fourth-order valence-electron chi connectivity index (χ4n) is 6.08. The van der Waals surface area contributed by atoms with E-state index in [0.717, 1.165) is 31.2 Å². The molecule has 246 valence electrons. The van der Waals surface area contributed by atoms with Crippen molar-refractivity contribution in [2.24, 2.45) is 5.92 Å². The Morgan fingerprint density at radius 1 is 1.13 bits per heavy atom. The summed E-state index contributed by atoms with van der Waals surface area (Å²) in [5.41, 5.74) is 0.680. The van der Waals surface area contributed by atoms with Gasteiger partial charge in [-0.2, -0.15) is 0 Å². The molecule has 0 bridgehead atoms. The molecule has 12 nitrogen and oxygen atoms in total. The summed E-state index contributed by atoms with van der Waals surface area (Å²) in [6, 6.07) is 6.44. The number of carbonyl (C=O) groups is 2. The number of pyridine rings is 1. The number of hydrogen-bond donors (Lipinski definition) is 3. The molecule has 12 heteroatoms. The third-order valence-corrected chi connectivity index (χ3v) is 8.50. The largest absolute Gasteiger partial charge is 0.507 e. The lowest BCUT2D eigenvalue weighted by atomic mass is 9.81. The van der Waals surface area contributed by atoms with E-state index >= 15 is 0 Å². The highest BCUT2D eigenvalue weighted by molar-refractivity contribution is 5.87. The summed E-state index contributed by atoms with van der Waals surface area (Å²) < 4.78 is 11.3. The standard InChI is InChI=1S/C33H47N5O7/c1-33(2,3)45-22-28(32(41)37-17-19-44-20-18-37)35-30(40)12-11-27(23-7-5-4-6-8-23)36-31(24-13-15-34-16-14-24)26-10-9-25(38(42)43)21-29(26)39/h9-10,13-16,21,23,27-28,31,36,39H,4-8,11-12,17-20,22H2,1-3H3,(H,35,40). The van der Waals surface area contributed by atoms with E-state index in [1.807, 2.05) is 32.9 Å². The number of nitro groups is 1. The van der Waals surface area contributed by atoms with Crippen LogP contribution in [0, 0.1) is 16.0 Å². The fourth-order valence-corrected chi connectivity index (χ4v) is 6.08. The van der Waals surface area contributed by atoms with E-state index in [9.17, 15) is 24.8 Å². The summed E-state index contributed by atoms with van der Waals surface area (Å²) in [5.74, 6) is -0.294. The summed E-state index contributed by atoms with van der Waals surface area (Å²) in [4.78, 5) is 43.5. The molecule has 45 heavy (non-hydrogen) atoms. The minimum absolute atomic E-state index is 0.0687. The lowest BCUT2D eigenvalue weighted by Crippen LogP contribution is -2.54. The number of amides is 2. The third kappa shape index (κ3) is 10.2. The average Bonchev–Trinajstić information content (AvgIpc) is 3.04. The summed E-state index contributed by atoms with van der Waals surface area (Å²) in [5, 5.41) is 28.9. The van der Waals surface area contributed by atoms with Gasteiger partial charge in [0, 0.05) is 49.6 Å². The van der Waals surface area contributed by atoms with Crippen molar-refractivity contribution < 1.29 is 29.1 Å². The predicted octanol–water partition coefficient (Wildman–Crippen LogP) is 4.26. The molecule has 1 aromatic heterocycles. The van der Waals surface area contributed by atoms with Gasteiger partial charge in [-0.15, -0.1) is 0 Å². The highest BCUT2D eigenvalue weighted by Crippen LogP contribution is 2.35. The molecule has 3 atom stereocenters. The van der Waals surface area contributed by atoms with Gasteiger partial charge in [-0.05, 0) is 69.7 Å². The van der Waals surface area contributed by atoms with Gasteiger partial charge in [-0.25, -0.2) is 0 Å². The number of non-ortho nitro benzene ring substituents is 1. The number of phenolic OH excluding ortho intramolecular Hbond substituents is 1. The number of nitrogens with zero attached hydrogens (tertiary/aromatic N) is 3. The van der Waals surface area contributed by atoms with Gasteiger partial charge in [0.15, 0.2) is 0 Å². The molecule has 2 amide bonds. The first kappa shape index (κ1) is 34.3. The SMILES string of the molecule is CC(C)(C)OCC(NC(=O)CCC(NC(c1ccncc1)c1ccc([N+](=O)[O-])cc1O)C1CCCCC1)C(=O)N1CCOCC1. The van der Waals surface area contributed by atoms with Crippen LogP contribution in [-0.4, -0.2) is 82.3 Å². The highest BCUT2D eigenvalue weighted by Gasteiger charge is 2.32. The molecule has 0 radical (unpaired) electrons. The van der Waals surface area contributed by atoms with Crippen molar-refractivity contribution in [3.05, 3.63) is 64.0 Å². The fraction of sp³-hybridized carbons (Fsp3) is 0.606. The smallest absolute Gasteiger partial charge is 0.273 e. The number of aromatic nitrogens is 1. The molecular formula is C33H47N5O7. The first-order chi connectivity index (χ1) is 21.5. The van der Waals surface area contributed by atoms with Crippen LogP contribution in [0.15, 0.2) is 42.7 Å². The number of aromatic hydroxyl groups is 1. The molecule has 1 aliphatic carbocycles. The molecule has 1 aliphatic heterocycles. The van der Waals surface area contributed by atoms with Crippen molar-refractivity contribution in [2.75, 3.05) is 32.9 Å². The Hall–Kier alpha value is -3.61. The molecular weight excluding hydrogens is 578 g/mol. The molecule has 2 heterocycles. The monoisotopic (exact) mass is 625 g/mol. The van der Waals surface area contributed by atoms with E-state index in [1.54, 1.807) is 23.4 Å². The Morgan fingerprint density at radius 2 is 1.82 bits per heavy atom. The molecule has 3 N–H and O–H groups in total. The Morgan fingerprint density at radius 3 is 2.44 bits per heavy atom. The normalized spacial score (nSPS) is 18.2. The molecule has 1 saturated carbocycles. The van der Waals surface area contributed by atoms with Crippen LogP contribution in [0.4, 0.5) is 5.69 Å². The van der Waals surface area contributed by atoms with Gasteiger partial charge < -0.3 is 30.1 Å². The predicted molar refractivity (Wildman–Crippen MR) is 169 cm³/mol. The maximum Gasteiger partial charge on any atom is 0.273 e. The molecule has 0 spiro atoms. The topological polar surface area (TPSA) is 156 Å². The number of nitrogens with one attached hydrogen (secondary N) is 2. The molecule has 4 rings (SSSR count). The first-order valence-electron chi connectivity index (χ1n) is 15.9. The van der Waals surface area contributed by atoms with Crippen molar-refractivity contribution in [2.45, 2.75) is 89.4 Å². The van der Waals surface area contributed by atoms with Crippen molar-refractivity contribution in [3.63, 3.8) is 0 Å². The van der Waals surface area contributed by atoms with Crippen LogP contribution in [0.3, 0.4) is 0 Å². The van der Waals surface area contributed by atoms with Crippen LogP contribution >= 0.6 is 0 Å². The van der Waals surface area contributed by atoms with E-state index in [4.69, 9.17) is 9.47 Å². The first-order valence-corrected chi connectivity index (χ1v) is 15.9. The second-order valence-electron chi connectivity index (χ2n) is 12.9. The van der Waals surface area contributed by atoms with Crippen LogP contribution in [-0.2, 0) is 19.1 Å². The Bertz CT molecular complexity index is 1270. The molecule has 2 fully saturated rings. The van der Waals surface area contributed by atoms with Gasteiger partial charge in [0.25, 0.3) is 5.69 Å². The second kappa shape index (κ2) is 16.1. The van der Waals surface area contributed by atoms with E-state index in [0.29, 0.717) is 44.2 Å². The van der Waals surface area contributed by atoms with Crippen molar-refractivity contribution in [1.29, 1.82) is 0 Å². The van der Waals surface area contributed by atoms with E-state index in [1.165, 1.54) is 18.6 Å². The van der Waals surface area contributed by atoms with E-state index in [2.05, 4.69) is 15.6 Å². The molecule has 3 unspecified atom stereocenters. The van der Waals surface area contributed by atoms with Crippen molar-refractivity contribution in [3.8, 4) is 5.75 Å². The zero-order valence-electron chi connectivity index (χ0n) is 26.6. The van der Waals surface area contributed by atoms with Gasteiger partial charge >= 0.3 is 0 Å². The van der Waals surface area contributed by atoms with Crippen molar-refractivity contribution >= 4 is 17.5 Å². The lowest BCUT2D eigenvalue weighted by molar-refractivity contribution is -0.385. The molecule has 2 aromatic rings. The summed E-state index contributed by atoms with van der Waals surface area (Å²) >= 11 is 0. The Labute approximate surface area is 265 Å². The summed E-state index contributed by atoms with van der Waals surface area (Å²) in [6.45, 7) is 7.67. The number of rotatable bonds is 13. The number of nitro benzene ring substituents is 1. The lowest BCUT2D eigenvalue weighted by Gasteiger charge is -2.35. The summed E-state index contributed by atoms with van der Waals surface area (Å²) in [7, 11) is 0. The number of benzene rings is 1. The van der Waals surface area contributed by atoms with Crippen LogP contribution in [0.2, 0.25) is 0 Å². The number of morpholine rings is 1. The van der Waals surface area contributed by atoms with Gasteiger partial charge in [0.2, 0.25) is 11.8 Å². The third-order valence-electron chi connectivity index (χ3n) is 8.50. The van der Waals surface area contributed by atoms with Crippen LogP contribution in [0.1, 0.15) is 82.9 Å². The van der Waals surface area contributed by atoms with Crippen molar-refractivity contribution in [1.82, 2.24) is 20.5 Å². The maximum absolute atomic E-state index is 13.4. The van der Waals surface area contributed by atoms with E-state index in [-0.39, 0.29) is 42.3 Å². The van der Waals surface area contributed by atoms with Gasteiger partial charge in [-0.3, -0.25) is 24.7 Å². The number of ether oxygens (including phenoxy) is 2. The van der Waals surface area contributed by atoms with Gasteiger partial charge in [-0.1, -0.05) is 19.3 Å². The Kier molecular flexibility index (Phi) is 12.3. The second-order valence-corrected chi connectivity index (χ2v) is 12.9. The molecule has 2 aliphatic rings. The van der Waals surface area contributed by atoms with Crippen LogP contribution in [0.5, 0.6) is 5.75 Å². The Balaban J connectivity index is 1.52. The molecule has 1 saturated heterocycles. The number of hydrogen-bond acceptors (Lipinski definition) is 9. The zero-order valence-corrected chi connectivity index (χ0v) is 26.6. The van der Waals surface area contributed by atoms with Crippen LogP contribution in [0.25, 0.3) is 0 Å². The minimum atomic E-state index is -0.808. The maximum atomic E-state index is 13.4. The highest BCUT2D eigenvalue weighted by atomic mass is 16.6. The van der Waals surface area contributed by atoms with E-state index < -0.39 is 22.6 Å².